The van der Waals surface area contributed by atoms with Crippen molar-refractivity contribution in [2.75, 3.05) is 25.1 Å². The summed E-state index contributed by atoms with van der Waals surface area (Å²) in [5, 5.41) is 2.79. The van der Waals surface area contributed by atoms with Crippen LogP contribution in [0.25, 0.3) is 0 Å². The Morgan fingerprint density at radius 3 is 2.48 bits per heavy atom. The second-order valence-corrected chi connectivity index (χ2v) is 9.88. The fourth-order valence-corrected chi connectivity index (χ4v) is 5.72. The number of amides is 4. The lowest BCUT2D eigenvalue weighted by atomic mass is 9.77. The van der Waals surface area contributed by atoms with Gasteiger partial charge in [0.1, 0.15) is 12.1 Å². The van der Waals surface area contributed by atoms with Crippen LogP contribution in [0, 0.1) is 5.92 Å². The monoisotopic (exact) mass is 371 g/mol. The van der Waals surface area contributed by atoms with Crippen molar-refractivity contribution in [1.29, 1.82) is 0 Å². The predicted molar refractivity (Wildman–Crippen MR) is 90.4 cm³/mol. The highest BCUT2D eigenvalue weighted by atomic mass is 32.2. The van der Waals surface area contributed by atoms with E-state index in [0.717, 1.165) is 17.7 Å². The Balaban J connectivity index is 1.65. The number of carbonyl (C=O) groups is 3. The molecule has 2 aliphatic heterocycles. The molecular formula is C16H25N3O5S. The molecule has 9 heteroatoms. The summed E-state index contributed by atoms with van der Waals surface area (Å²) in [6.07, 6.45) is 3.33. The van der Waals surface area contributed by atoms with Crippen molar-refractivity contribution in [2.24, 2.45) is 5.92 Å². The zero-order valence-corrected chi connectivity index (χ0v) is 15.5. The van der Waals surface area contributed by atoms with Crippen LogP contribution in [0.5, 0.6) is 0 Å². The largest absolute Gasteiger partial charge is 0.340 e. The number of hydrogen-bond acceptors (Lipinski definition) is 5. The lowest BCUT2D eigenvalue weighted by Gasteiger charge is -2.33. The number of nitrogens with zero attached hydrogens (tertiary/aromatic N) is 2. The molecule has 3 fully saturated rings. The first kappa shape index (κ1) is 18.2. The molecule has 140 valence electrons. The van der Waals surface area contributed by atoms with Gasteiger partial charge in [-0.1, -0.05) is 6.92 Å². The molecule has 0 aromatic carbocycles. The molecule has 1 saturated carbocycles. The van der Waals surface area contributed by atoms with Crippen molar-refractivity contribution in [2.45, 2.75) is 50.6 Å². The second kappa shape index (κ2) is 6.26. The van der Waals surface area contributed by atoms with Crippen LogP contribution in [0.4, 0.5) is 4.79 Å². The van der Waals surface area contributed by atoms with Crippen LogP contribution in [0.1, 0.15) is 39.0 Å². The highest BCUT2D eigenvalue weighted by molar-refractivity contribution is 7.91. The summed E-state index contributed by atoms with van der Waals surface area (Å²) >= 11 is 0. The summed E-state index contributed by atoms with van der Waals surface area (Å²) in [7, 11) is -1.57. The molecule has 0 aromatic rings. The molecule has 1 atom stereocenters. The Labute approximate surface area is 147 Å². The number of likely N-dealkylation sites (N-methyl/N-ethyl adjacent to an activating group) is 1. The number of imide groups is 1. The van der Waals surface area contributed by atoms with E-state index in [1.165, 1.54) is 11.9 Å². The number of hydrogen-bond donors (Lipinski definition) is 1. The summed E-state index contributed by atoms with van der Waals surface area (Å²) in [5.74, 6) is -0.199. The minimum atomic E-state index is -3.10. The van der Waals surface area contributed by atoms with E-state index in [0.29, 0.717) is 25.2 Å². The van der Waals surface area contributed by atoms with Gasteiger partial charge in [0.05, 0.1) is 11.5 Å². The first-order valence-corrected chi connectivity index (χ1v) is 10.6. The van der Waals surface area contributed by atoms with Gasteiger partial charge in [-0.25, -0.2) is 13.2 Å². The molecule has 3 aliphatic rings. The average molecular weight is 371 g/mol. The third-order valence-corrected chi connectivity index (χ3v) is 7.57. The van der Waals surface area contributed by atoms with Crippen molar-refractivity contribution in [3.63, 3.8) is 0 Å². The molecule has 0 unspecified atom stereocenters. The van der Waals surface area contributed by atoms with Crippen molar-refractivity contribution in [3.8, 4) is 0 Å². The van der Waals surface area contributed by atoms with Crippen molar-refractivity contribution < 1.29 is 22.8 Å². The normalized spacial score (nSPS) is 34.4. The van der Waals surface area contributed by atoms with Crippen LogP contribution in [0.3, 0.4) is 0 Å². The summed E-state index contributed by atoms with van der Waals surface area (Å²) in [5.41, 5.74) is -0.862. The maximum atomic E-state index is 12.8. The van der Waals surface area contributed by atoms with Gasteiger partial charge < -0.3 is 10.2 Å². The van der Waals surface area contributed by atoms with E-state index < -0.39 is 27.3 Å². The summed E-state index contributed by atoms with van der Waals surface area (Å²) in [6, 6.07) is -0.914. The zero-order chi connectivity index (χ0) is 18.4. The fourth-order valence-electron chi connectivity index (χ4n) is 3.94. The number of urea groups is 1. The SMILES string of the molecule is CC1CCC2(CC1)NC(=O)N(CC(=O)N(C)[C@H]1CCS(=O)(=O)C1)C2=O. The lowest BCUT2D eigenvalue weighted by Crippen LogP contribution is -2.50. The van der Waals surface area contributed by atoms with Crippen LogP contribution >= 0.6 is 0 Å². The third-order valence-electron chi connectivity index (χ3n) is 5.82. The first-order valence-electron chi connectivity index (χ1n) is 8.74. The van der Waals surface area contributed by atoms with Crippen LogP contribution in [-0.2, 0) is 19.4 Å². The molecule has 3 rings (SSSR count). The molecule has 1 spiro atoms. The van der Waals surface area contributed by atoms with Gasteiger partial charge in [0.25, 0.3) is 5.91 Å². The highest BCUT2D eigenvalue weighted by Crippen LogP contribution is 2.36. The number of carbonyl (C=O) groups excluding carboxylic acids is 3. The molecule has 8 nitrogen and oxygen atoms in total. The van der Waals surface area contributed by atoms with E-state index in [2.05, 4.69) is 12.2 Å². The maximum absolute atomic E-state index is 12.8. The van der Waals surface area contributed by atoms with E-state index in [1.54, 1.807) is 0 Å². The summed E-state index contributed by atoms with van der Waals surface area (Å²) in [6.45, 7) is 1.79. The molecule has 0 radical (unpaired) electrons. The van der Waals surface area contributed by atoms with E-state index in [9.17, 15) is 22.8 Å². The zero-order valence-electron chi connectivity index (χ0n) is 14.7. The molecule has 4 amide bonds. The fraction of sp³-hybridized carbons (Fsp3) is 0.812. The van der Waals surface area contributed by atoms with Crippen LogP contribution < -0.4 is 5.32 Å². The Hall–Kier alpha value is -1.64. The summed E-state index contributed by atoms with van der Waals surface area (Å²) in [4.78, 5) is 39.8. The quantitative estimate of drug-likeness (QED) is 0.711. The maximum Gasteiger partial charge on any atom is 0.325 e. The minimum Gasteiger partial charge on any atom is -0.340 e. The van der Waals surface area contributed by atoms with Gasteiger partial charge in [0.2, 0.25) is 5.91 Å². The molecule has 1 N–H and O–H groups in total. The van der Waals surface area contributed by atoms with E-state index in [4.69, 9.17) is 0 Å². The van der Waals surface area contributed by atoms with Gasteiger partial charge >= 0.3 is 6.03 Å². The Bertz CT molecular complexity index is 697. The average Bonchev–Trinajstić information content (AvgIpc) is 3.02. The number of nitrogens with one attached hydrogen (secondary N) is 1. The highest BCUT2D eigenvalue weighted by Gasteiger charge is 2.52. The van der Waals surface area contributed by atoms with Gasteiger partial charge in [-0.2, -0.15) is 0 Å². The van der Waals surface area contributed by atoms with Crippen molar-refractivity contribution in [3.05, 3.63) is 0 Å². The topological polar surface area (TPSA) is 104 Å². The molecule has 25 heavy (non-hydrogen) atoms. The molecular weight excluding hydrogens is 346 g/mol. The Morgan fingerprint density at radius 2 is 1.92 bits per heavy atom. The second-order valence-electron chi connectivity index (χ2n) is 7.65. The van der Waals surface area contributed by atoms with Gasteiger partial charge in [-0.15, -0.1) is 0 Å². The Kier molecular flexibility index (Phi) is 4.55. The van der Waals surface area contributed by atoms with E-state index in [-0.39, 0.29) is 30.0 Å². The lowest BCUT2D eigenvalue weighted by molar-refractivity contribution is -0.139. The van der Waals surface area contributed by atoms with Crippen LogP contribution in [0.15, 0.2) is 0 Å². The van der Waals surface area contributed by atoms with Gasteiger partial charge in [-0.05, 0) is 38.0 Å². The standard InChI is InChI=1S/C16H25N3O5S/c1-11-3-6-16(7-4-11)14(21)19(15(22)17-16)9-13(20)18(2)12-5-8-25(23,24)10-12/h11-12H,3-10H2,1-2H3,(H,17,22)/t11?,12-,16?/m0/s1. The molecule has 0 bridgehead atoms. The number of rotatable bonds is 3. The van der Waals surface area contributed by atoms with E-state index in [1.807, 2.05) is 0 Å². The molecule has 2 heterocycles. The van der Waals surface area contributed by atoms with Crippen LogP contribution in [0.2, 0.25) is 0 Å². The van der Waals surface area contributed by atoms with Gasteiger partial charge in [0.15, 0.2) is 9.84 Å². The smallest absolute Gasteiger partial charge is 0.325 e. The van der Waals surface area contributed by atoms with Crippen molar-refractivity contribution >= 4 is 27.7 Å². The third kappa shape index (κ3) is 3.38. The first-order chi connectivity index (χ1) is 11.6. The molecule has 2 saturated heterocycles. The van der Waals surface area contributed by atoms with E-state index >= 15 is 0 Å². The predicted octanol–water partition coefficient (Wildman–Crippen LogP) is 0.133. The van der Waals surface area contributed by atoms with Gasteiger partial charge in [0, 0.05) is 13.1 Å². The summed E-state index contributed by atoms with van der Waals surface area (Å²) < 4.78 is 23.2. The van der Waals surface area contributed by atoms with Crippen molar-refractivity contribution in [1.82, 2.24) is 15.1 Å². The minimum absolute atomic E-state index is 0.0583. The molecule has 0 aromatic heterocycles. The molecule has 1 aliphatic carbocycles. The Morgan fingerprint density at radius 1 is 1.28 bits per heavy atom. The number of sulfone groups is 1. The van der Waals surface area contributed by atoms with Gasteiger partial charge in [-0.3, -0.25) is 14.5 Å². The van der Waals surface area contributed by atoms with Crippen LogP contribution in [-0.4, -0.2) is 72.7 Å².